The second kappa shape index (κ2) is 11.7. The van der Waals surface area contributed by atoms with Gasteiger partial charge in [0.05, 0.1) is 24.6 Å². The number of allylic oxidation sites excluding steroid dienone is 4. The normalized spacial score (nSPS) is 13.1. The monoisotopic (exact) mass is 528 g/mol. The Balaban J connectivity index is 1.99. The van der Waals surface area contributed by atoms with Gasteiger partial charge in [0.1, 0.15) is 23.4 Å². The number of alkyl halides is 3. The Bertz CT molecular complexity index is 1420. The Kier molecular flexibility index (Phi) is 8.70. The predicted molar refractivity (Wildman–Crippen MR) is 133 cm³/mol. The van der Waals surface area contributed by atoms with E-state index in [9.17, 15) is 32.7 Å². The van der Waals surface area contributed by atoms with Crippen molar-refractivity contribution in [1.82, 2.24) is 9.78 Å². The van der Waals surface area contributed by atoms with Crippen molar-refractivity contribution in [3.63, 3.8) is 0 Å². The Morgan fingerprint density at radius 1 is 1.21 bits per heavy atom. The number of carbonyl (C=O) groups is 1. The summed E-state index contributed by atoms with van der Waals surface area (Å²) in [6.07, 6.45) is -3.03. The quantitative estimate of drug-likeness (QED) is 0.209. The molecule has 1 aromatic heterocycles. The standard InChI is InChI=1S/C27H24F4N4O3/c1-4-16(15-32)12-19(5-2)35-23(14-24(34-35)27(29,30)31)26(37)33-22-13-18(8-11-21(22)28)25(36)17-6-9-20(38-3)10-7-17/h5-14,25,36H,4H2,1-3H3,(H,33,37)/b16-12+,19-5+. The summed E-state index contributed by atoms with van der Waals surface area (Å²) in [6.45, 7) is 3.20. The van der Waals surface area contributed by atoms with Crippen LogP contribution in [0, 0.1) is 17.1 Å². The van der Waals surface area contributed by atoms with Crippen molar-refractivity contribution < 1.29 is 32.2 Å². The number of nitriles is 1. The molecule has 38 heavy (non-hydrogen) atoms. The van der Waals surface area contributed by atoms with Gasteiger partial charge in [0, 0.05) is 11.6 Å². The molecule has 7 nitrogen and oxygen atoms in total. The maximum absolute atomic E-state index is 14.6. The number of amides is 1. The molecule has 0 saturated carbocycles. The highest BCUT2D eigenvalue weighted by atomic mass is 19.4. The minimum absolute atomic E-state index is 0.0493. The molecule has 2 N–H and O–H groups in total. The van der Waals surface area contributed by atoms with E-state index in [1.54, 1.807) is 31.2 Å². The molecule has 3 rings (SSSR count). The van der Waals surface area contributed by atoms with E-state index in [1.165, 1.54) is 38.3 Å². The number of aliphatic hydroxyl groups is 1. The van der Waals surface area contributed by atoms with Crippen LogP contribution < -0.4 is 10.1 Å². The zero-order chi connectivity index (χ0) is 28.0. The number of rotatable bonds is 8. The van der Waals surface area contributed by atoms with Gasteiger partial charge < -0.3 is 15.2 Å². The number of carbonyl (C=O) groups excluding carboxylic acids is 1. The van der Waals surface area contributed by atoms with E-state index >= 15 is 0 Å². The Labute approximate surface area is 216 Å². The Hall–Kier alpha value is -4.43. The van der Waals surface area contributed by atoms with Crippen molar-refractivity contribution >= 4 is 17.3 Å². The van der Waals surface area contributed by atoms with Crippen LogP contribution in [-0.2, 0) is 6.18 Å². The van der Waals surface area contributed by atoms with Crippen LogP contribution >= 0.6 is 0 Å². The molecule has 0 bridgehead atoms. The average molecular weight is 529 g/mol. The number of ether oxygens (including phenoxy) is 1. The van der Waals surface area contributed by atoms with E-state index in [2.05, 4.69) is 10.4 Å². The van der Waals surface area contributed by atoms with E-state index in [1.807, 2.05) is 6.07 Å². The molecule has 0 fully saturated rings. The van der Waals surface area contributed by atoms with Gasteiger partial charge in [0.15, 0.2) is 5.69 Å². The molecule has 0 aliphatic carbocycles. The third-order valence-corrected chi connectivity index (χ3v) is 5.61. The number of hydrogen-bond acceptors (Lipinski definition) is 5. The Morgan fingerprint density at radius 2 is 1.87 bits per heavy atom. The van der Waals surface area contributed by atoms with Crippen molar-refractivity contribution in [3.05, 3.63) is 94.6 Å². The molecule has 1 heterocycles. The van der Waals surface area contributed by atoms with Gasteiger partial charge in [-0.2, -0.15) is 23.5 Å². The first-order chi connectivity index (χ1) is 18.0. The maximum atomic E-state index is 14.6. The van der Waals surface area contributed by atoms with Gasteiger partial charge in [-0.15, -0.1) is 0 Å². The first-order valence-electron chi connectivity index (χ1n) is 11.4. The molecule has 0 spiro atoms. The third kappa shape index (κ3) is 6.27. The summed E-state index contributed by atoms with van der Waals surface area (Å²) >= 11 is 0. The summed E-state index contributed by atoms with van der Waals surface area (Å²) in [7, 11) is 1.49. The van der Waals surface area contributed by atoms with E-state index in [0.29, 0.717) is 23.8 Å². The number of anilines is 1. The topological polar surface area (TPSA) is 100 Å². The van der Waals surface area contributed by atoms with Gasteiger partial charge in [-0.25, -0.2) is 9.07 Å². The number of aromatic nitrogens is 2. The smallest absolute Gasteiger partial charge is 0.435 e. The zero-order valence-corrected chi connectivity index (χ0v) is 20.7. The minimum Gasteiger partial charge on any atom is -0.497 e. The van der Waals surface area contributed by atoms with Gasteiger partial charge >= 0.3 is 6.18 Å². The highest BCUT2D eigenvalue weighted by Gasteiger charge is 2.36. The number of hydrogen-bond donors (Lipinski definition) is 2. The first kappa shape index (κ1) is 28.1. The lowest BCUT2D eigenvalue weighted by Crippen LogP contribution is -2.18. The van der Waals surface area contributed by atoms with Gasteiger partial charge in [-0.05, 0) is 54.8 Å². The summed E-state index contributed by atoms with van der Waals surface area (Å²) in [5.41, 5.74) is -1.23. The van der Waals surface area contributed by atoms with Gasteiger partial charge in [0.2, 0.25) is 0 Å². The molecule has 1 unspecified atom stereocenters. The SMILES string of the molecule is C/C=C(\C=C(\C#N)CC)n1nc(C(F)(F)F)cc1C(=O)Nc1cc(C(O)c2ccc(OC)cc2)ccc1F. The highest BCUT2D eigenvalue weighted by molar-refractivity contribution is 6.04. The van der Waals surface area contributed by atoms with E-state index in [4.69, 9.17) is 4.74 Å². The van der Waals surface area contributed by atoms with Crippen LogP contribution in [0.5, 0.6) is 5.75 Å². The summed E-state index contributed by atoms with van der Waals surface area (Å²) in [5, 5.41) is 25.8. The van der Waals surface area contributed by atoms with Crippen molar-refractivity contribution in [2.75, 3.05) is 12.4 Å². The molecule has 2 aromatic carbocycles. The summed E-state index contributed by atoms with van der Waals surface area (Å²) in [5.74, 6) is -1.38. The summed E-state index contributed by atoms with van der Waals surface area (Å²) < 4.78 is 60.8. The number of nitrogens with one attached hydrogen (secondary N) is 1. The lowest BCUT2D eigenvalue weighted by Gasteiger charge is -2.15. The van der Waals surface area contributed by atoms with E-state index in [0.717, 1.165) is 10.7 Å². The number of benzene rings is 2. The van der Waals surface area contributed by atoms with Crippen molar-refractivity contribution in [3.8, 4) is 11.8 Å². The van der Waals surface area contributed by atoms with Crippen molar-refractivity contribution in [2.45, 2.75) is 32.5 Å². The van der Waals surface area contributed by atoms with Crippen LogP contribution in [0.25, 0.3) is 5.70 Å². The van der Waals surface area contributed by atoms with Crippen molar-refractivity contribution in [2.24, 2.45) is 0 Å². The minimum atomic E-state index is -4.86. The van der Waals surface area contributed by atoms with Gasteiger partial charge in [-0.3, -0.25) is 4.79 Å². The largest absolute Gasteiger partial charge is 0.497 e. The maximum Gasteiger partial charge on any atom is 0.435 e. The number of halogens is 4. The molecule has 0 aliphatic rings. The van der Waals surface area contributed by atoms with Crippen molar-refractivity contribution in [1.29, 1.82) is 5.26 Å². The number of nitrogens with zero attached hydrogens (tertiary/aromatic N) is 3. The second-order valence-electron chi connectivity index (χ2n) is 8.04. The third-order valence-electron chi connectivity index (χ3n) is 5.61. The van der Waals surface area contributed by atoms with Crippen LogP contribution in [-0.4, -0.2) is 27.9 Å². The molecule has 3 aromatic rings. The highest BCUT2D eigenvalue weighted by Crippen LogP contribution is 2.31. The second-order valence-corrected chi connectivity index (χ2v) is 8.04. The molecule has 1 atom stereocenters. The fraction of sp³-hybridized carbons (Fsp3) is 0.222. The zero-order valence-electron chi connectivity index (χ0n) is 20.7. The van der Waals surface area contributed by atoms with Crippen LogP contribution in [0.2, 0.25) is 0 Å². The van der Waals surface area contributed by atoms with E-state index < -0.39 is 35.4 Å². The molecule has 0 aliphatic heterocycles. The fourth-order valence-electron chi connectivity index (χ4n) is 3.51. The predicted octanol–water partition coefficient (Wildman–Crippen LogP) is 6.10. The van der Waals surface area contributed by atoms with Crippen LogP contribution in [0.3, 0.4) is 0 Å². The number of methoxy groups -OCH3 is 1. The molecule has 11 heteroatoms. The molecule has 198 valence electrons. The Morgan fingerprint density at radius 3 is 2.42 bits per heavy atom. The molecule has 0 saturated heterocycles. The molecular weight excluding hydrogens is 504 g/mol. The van der Waals surface area contributed by atoms with Crippen LogP contribution in [0.4, 0.5) is 23.2 Å². The molecule has 0 radical (unpaired) electrons. The molecular formula is C27H24F4N4O3. The summed E-state index contributed by atoms with van der Waals surface area (Å²) in [4.78, 5) is 13.1. The average Bonchev–Trinajstić information content (AvgIpc) is 3.37. The van der Waals surface area contributed by atoms with E-state index in [-0.39, 0.29) is 22.5 Å². The molecule has 1 amide bonds. The van der Waals surface area contributed by atoms with Crippen LogP contribution in [0.15, 0.2) is 66.3 Å². The van der Waals surface area contributed by atoms with Gasteiger partial charge in [0.25, 0.3) is 5.91 Å². The summed E-state index contributed by atoms with van der Waals surface area (Å²) in [6, 6.07) is 12.5. The number of aliphatic hydroxyl groups excluding tert-OH is 1. The fourth-order valence-corrected chi connectivity index (χ4v) is 3.51. The lowest BCUT2D eigenvalue weighted by atomic mass is 10.0. The van der Waals surface area contributed by atoms with Crippen LogP contribution in [0.1, 0.15) is 53.7 Å². The first-order valence-corrected chi connectivity index (χ1v) is 11.4. The van der Waals surface area contributed by atoms with Gasteiger partial charge in [-0.1, -0.05) is 31.2 Å². The lowest BCUT2D eigenvalue weighted by molar-refractivity contribution is -0.141.